The number of oxime groups is 1. The van der Waals surface area contributed by atoms with E-state index in [9.17, 15) is 0 Å². The van der Waals surface area contributed by atoms with E-state index in [1.807, 2.05) is 32.0 Å². The number of ether oxygens (including phenoxy) is 1. The lowest BCUT2D eigenvalue weighted by molar-refractivity contribution is 0.305. The summed E-state index contributed by atoms with van der Waals surface area (Å²) in [5.74, 6) is 0.996. The fourth-order valence-electron chi connectivity index (χ4n) is 1.78. The minimum Gasteiger partial charge on any atom is -0.496 e. The van der Waals surface area contributed by atoms with Gasteiger partial charge in [0.25, 0.3) is 0 Å². The molecule has 0 radical (unpaired) electrons. The van der Waals surface area contributed by atoms with E-state index in [2.05, 4.69) is 10.5 Å². The molecule has 6 heteroatoms. The van der Waals surface area contributed by atoms with E-state index in [4.69, 9.17) is 27.3 Å². The maximum atomic E-state index is 8.72. The summed E-state index contributed by atoms with van der Waals surface area (Å²) in [5.41, 5.74) is 6.22. The van der Waals surface area contributed by atoms with E-state index in [0.29, 0.717) is 11.6 Å². The quantitative estimate of drug-likeness (QED) is 0.238. The van der Waals surface area contributed by atoms with Crippen LogP contribution in [0, 0.1) is 5.41 Å². The van der Waals surface area contributed by atoms with Gasteiger partial charge in [-0.15, -0.1) is 0 Å². The lowest BCUT2D eigenvalue weighted by Crippen LogP contribution is -2.34. The molecule has 0 unspecified atom stereocenters. The van der Waals surface area contributed by atoms with Crippen LogP contribution in [0.25, 0.3) is 0 Å². The normalized spacial score (nSPS) is 12.5. The summed E-state index contributed by atoms with van der Waals surface area (Å²) in [7, 11) is 1.62. The van der Waals surface area contributed by atoms with Gasteiger partial charge in [0.05, 0.1) is 7.11 Å². The predicted octanol–water partition coefficient (Wildman–Crippen LogP) is 2.60. The molecular formula is C14H22ClN3O2. The molecule has 0 amide bonds. The molecular weight excluding hydrogens is 278 g/mol. The van der Waals surface area contributed by atoms with Gasteiger partial charge in [0, 0.05) is 22.5 Å². The lowest BCUT2D eigenvalue weighted by Gasteiger charge is -2.23. The first-order chi connectivity index (χ1) is 9.42. The Hall–Kier alpha value is -1.46. The molecule has 0 aliphatic carbocycles. The predicted molar refractivity (Wildman–Crippen MR) is 81.5 cm³/mol. The summed E-state index contributed by atoms with van der Waals surface area (Å²) in [4.78, 5) is 0. The summed E-state index contributed by atoms with van der Waals surface area (Å²) in [6.07, 6.45) is 0.746. The highest BCUT2D eigenvalue weighted by molar-refractivity contribution is 6.31. The maximum Gasteiger partial charge on any atom is 0.144 e. The summed E-state index contributed by atoms with van der Waals surface area (Å²) < 4.78 is 5.28. The molecule has 0 heterocycles. The Morgan fingerprint density at radius 1 is 1.50 bits per heavy atom. The molecule has 112 valence electrons. The standard InChI is InChI=1S/C14H22ClN3O2/c1-14(2,13(16)18-19)7-8-17-9-10-11(15)5-4-6-12(10)20-3/h4-6,17,19H,7-9H2,1-3H3,(H2,16,18). The van der Waals surface area contributed by atoms with Crippen LogP contribution in [0.4, 0.5) is 0 Å². The van der Waals surface area contributed by atoms with Crippen molar-refractivity contribution in [2.24, 2.45) is 16.3 Å². The largest absolute Gasteiger partial charge is 0.496 e. The number of rotatable bonds is 7. The number of nitrogens with zero attached hydrogens (tertiary/aromatic N) is 1. The van der Waals surface area contributed by atoms with E-state index in [-0.39, 0.29) is 11.3 Å². The number of methoxy groups -OCH3 is 1. The van der Waals surface area contributed by atoms with Gasteiger partial charge in [0.2, 0.25) is 0 Å². The minimum atomic E-state index is -0.355. The van der Waals surface area contributed by atoms with Crippen molar-refractivity contribution in [2.45, 2.75) is 26.8 Å². The highest BCUT2D eigenvalue weighted by atomic mass is 35.5. The average Bonchev–Trinajstić information content (AvgIpc) is 2.43. The topological polar surface area (TPSA) is 79.9 Å². The third-order valence-corrected chi connectivity index (χ3v) is 3.68. The van der Waals surface area contributed by atoms with Crippen LogP contribution in [-0.4, -0.2) is 24.7 Å². The fourth-order valence-corrected chi connectivity index (χ4v) is 2.01. The van der Waals surface area contributed by atoms with Gasteiger partial charge >= 0.3 is 0 Å². The molecule has 1 aromatic carbocycles. The van der Waals surface area contributed by atoms with Gasteiger partial charge in [-0.05, 0) is 25.1 Å². The van der Waals surface area contributed by atoms with E-state index in [1.165, 1.54) is 0 Å². The second-order valence-corrected chi connectivity index (χ2v) is 5.62. The van der Waals surface area contributed by atoms with Crippen LogP contribution in [0.5, 0.6) is 5.75 Å². The molecule has 0 aliphatic heterocycles. The first kappa shape index (κ1) is 16.6. The first-order valence-corrected chi connectivity index (χ1v) is 6.80. The van der Waals surface area contributed by atoms with E-state index in [1.54, 1.807) is 7.11 Å². The first-order valence-electron chi connectivity index (χ1n) is 6.42. The van der Waals surface area contributed by atoms with Gasteiger partial charge in [-0.2, -0.15) is 0 Å². The molecule has 0 bridgehead atoms. The van der Waals surface area contributed by atoms with Crippen LogP contribution in [-0.2, 0) is 6.54 Å². The Morgan fingerprint density at radius 3 is 2.80 bits per heavy atom. The molecule has 0 saturated heterocycles. The summed E-state index contributed by atoms with van der Waals surface area (Å²) in [6, 6.07) is 5.57. The van der Waals surface area contributed by atoms with Crippen LogP contribution in [0.15, 0.2) is 23.4 Å². The molecule has 0 atom stereocenters. The van der Waals surface area contributed by atoms with E-state index < -0.39 is 0 Å². The number of benzene rings is 1. The van der Waals surface area contributed by atoms with Crippen molar-refractivity contribution in [3.8, 4) is 5.75 Å². The molecule has 0 aromatic heterocycles. The second kappa shape index (κ2) is 7.36. The highest BCUT2D eigenvalue weighted by Gasteiger charge is 2.22. The number of halogens is 1. The monoisotopic (exact) mass is 299 g/mol. The number of amidine groups is 1. The number of hydrogen-bond donors (Lipinski definition) is 3. The number of nitrogens with one attached hydrogen (secondary N) is 1. The summed E-state index contributed by atoms with van der Waals surface area (Å²) in [6.45, 7) is 5.19. The zero-order valence-corrected chi connectivity index (χ0v) is 12.9. The zero-order chi connectivity index (χ0) is 15.2. The van der Waals surface area contributed by atoms with Crippen molar-refractivity contribution >= 4 is 17.4 Å². The highest BCUT2D eigenvalue weighted by Crippen LogP contribution is 2.26. The molecule has 20 heavy (non-hydrogen) atoms. The average molecular weight is 300 g/mol. The molecule has 0 fully saturated rings. The summed E-state index contributed by atoms with van der Waals surface area (Å²) in [5, 5.41) is 15.8. The van der Waals surface area contributed by atoms with Gasteiger partial charge < -0.3 is 21.0 Å². The van der Waals surface area contributed by atoms with E-state index in [0.717, 1.165) is 24.3 Å². The van der Waals surface area contributed by atoms with Gasteiger partial charge in [0.15, 0.2) is 0 Å². The third kappa shape index (κ3) is 4.28. The SMILES string of the molecule is COc1cccc(Cl)c1CNCCC(C)(C)/C(N)=N/O. The maximum absolute atomic E-state index is 8.72. The molecule has 4 N–H and O–H groups in total. The van der Waals surface area contributed by atoms with Crippen molar-refractivity contribution in [3.63, 3.8) is 0 Å². The van der Waals surface area contributed by atoms with Crippen LogP contribution in [0.1, 0.15) is 25.8 Å². The van der Waals surface area contributed by atoms with Gasteiger partial charge in [-0.1, -0.05) is 36.7 Å². The van der Waals surface area contributed by atoms with Crippen molar-refractivity contribution in [1.29, 1.82) is 0 Å². The number of nitrogens with two attached hydrogens (primary N) is 1. The molecule has 0 spiro atoms. The molecule has 0 saturated carbocycles. The molecule has 0 aliphatic rings. The van der Waals surface area contributed by atoms with Crippen molar-refractivity contribution in [2.75, 3.05) is 13.7 Å². The van der Waals surface area contributed by atoms with Gasteiger partial charge in [-0.3, -0.25) is 0 Å². The van der Waals surface area contributed by atoms with Crippen LogP contribution in [0.2, 0.25) is 5.02 Å². The molecule has 1 rings (SSSR count). The molecule has 1 aromatic rings. The third-order valence-electron chi connectivity index (χ3n) is 3.33. The molecule has 5 nitrogen and oxygen atoms in total. The fraction of sp³-hybridized carbons (Fsp3) is 0.500. The minimum absolute atomic E-state index is 0.231. The van der Waals surface area contributed by atoms with Crippen molar-refractivity contribution in [3.05, 3.63) is 28.8 Å². The Bertz CT molecular complexity index is 475. The Kier molecular flexibility index (Phi) is 6.10. The summed E-state index contributed by atoms with van der Waals surface area (Å²) >= 11 is 6.16. The van der Waals surface area contributed by atoms with Crippen LogP contribution in [0.3, 0.4) is 0 Å². The Labute approximate surface area is 124 Å². The second-order valence-electron chi connectivity index (χ2n) is 5.22. The van der Waals surface area contributed by atoms with Crippen LogP contribution < -0.4 is 15.8 Å². The smallest absolute Gasteiger partial charge is 0.144 e. The Balaban J connectivity index is 2.54. The van der Waals surface area contributed by atoms with Crippen LogP contribution >= 0.6 is 11.6 Å². The van der Waals surface area contributed by atoms with Gasteiger partial charge in [-0.25, -0.2) is 0 Å². The van der Waals surface area contributed by atoms with Crippen molar-refractivity contribution in [1.82, 2.24) is 5.32 Å². The van der Waals surface area contributed by atoms with Gasteiger partial charge in [0.1, 0.15) is 11.6 Å². The van der Waals surface area contributed by atoms with E-state index >= 15 is 0 Å². The van der Waals surface area contributed by atoms with Crippen molar-refractivity contribution < 1.29 is 9.94 Å². The number of hydrogen-bond acceptors (Lipinski definition) is 4. The Morgan fingerprint density at radius 2 is 2.20 bits per heavy atom. The lowest BCUT2D eigenvalue weighted by atomic mass is 9.88. The zero-order valence-electron chi connectivity index (χ0n) is 12.1.